The summed E-state index contributed by atoms with van der Waals surface area (Å²) in [5.74, 6) is 0.943. The predicted molar refractivity (Wildman–Crippen MR) is 73.0 cm³/mol. The molecule has 0 spiro atoms. The molecule has 0 radical (unpaired) electrons. The topological polar surface area (TPSA) is 59.2 Å². The summed E-state index contributed by atoms with van der Waals surface area (Å²) in [5.41, 5.74) is 1.50. The van der Waals surface area contributed by atoms with E-state index in [-0.39, 0.29) is 5.91 Å². The number of nitrogens with zero attached hydrogens (tertiary/aromatic N) is 3. The Hall–Kier alpha value is -1.56. The molecule has 1 aliphatic heterocycles. The van der Waals surface area contributed by atoms with Crippen LogP contribution in [0.2, 0.25) is 0 Å². The average molecular weight is 277 g/mol. The van der Waals surface area contributed by atoms with Crippen LogP contribution >= 0.6 is 11.8 Å². The van der Waals surface area contributed by atoms with E-state index in [4.69, 9.17) is 4.42 Å². The van der Waals surface area contributed by atoms with Crippen LogP contribution in [-0.2, 0) is 4.79 Å². The molecule has 3 heterocycles. The van der Waals surface area contributed by atoms with E-state index in [0.29, 0.717) is 23.0 Å². The van der Waals surface area contributed by atoms with Crippen molar-refractivity contribution in [1.29, 1.82) is 0 Å². The normalized spacial score (nSPS) is 15.3. The van der Waals surface area contributed by atoms with Crippen LogP contribution in [0.3, 0.4) is 0 Å². The monoisotopic (exact) mass is 277 g/mol. The van der Waals surface area contributed by atoms with Gasteiger partial charge >= 0.3 is 0 Å². The first-order valence-electron chi connectivity index (χ1n) is 6.44. The van der Waals surface area contributed by atoms with Crippen molar-refractivity contribution < 1.29 is 9.21 Å². The van der Waals surface area contributed by atoms with Gasteiger partial charge in [0.1, 0.15) is 5.52 Å². The van der Waals surface area contributed by atoms with Gasteiger partial charge in [0, 0.05) is 31.5 Å². The van der Waals surface area contributed by atoms with Crippen molar-refractivity contribution in [3.05, 3.63) is 18.5 Å². The van der Waals surface area contributed by atoms with Crippen LogP contribution in [0.4, 0.5) is 0 Å². The molecule has 3 rings (SSSR count). The number of hydrogen-bond acceptors (Lipinski definition) is 5. The highest BCUT2D eigenvalue weighted by Crippen LogP contribution is 2.23. The molecule has 1 saturated heterocycles. The van der Waals surface area contributed by atoms with Crippen LogP contribution in [0.5, 0.6) is 0 Å². The quantitative estimate of drug-likeness (QED) is 0.803. The molecule has 0 aliphatic carbocycles. The second-order valence-corrected chi connectivity index (χ2v) is 5.56. The van der Waals surface area contributed by atoms with Gasteiger partial charge in [0.15, 0.2) is 5.58 Å². The van der Waals surface area contributed by atoms with Gasteiger partial charge < -0.3 is 9.32 Å². The number of oxazole rings is 1. The van der Waals surface area contributed by atoms with Gasteiger partial charge in [-0.1, -0.05) is 11.8 Å². The Bertz CT molecular complexity index is 545. The van der Waals surface area contributed by atoms with Gasteiger partial charge in [-0.2, -0.15) is 0 Å². The summed E-state index contributed by atoms with van der Waals surface area (Å²) in [5, 5.41) is 0.609. The molecule has 5 nitrogen and oxygen atoms in total. The third kappa shape index (κ3) is 2.89. The highest BCUT2D eigenvalue weighted by molar-refractivity contribution is 7.99. The molecule has 2 aromatic rings. The molecule has 6 heteroatoms. The SMILES string of the molecule is O=C(CCSc1nc2ccncc2o1)N1CCCC1. The van der Waals surface area contributed by atoms with Crippen LogP contribution in [0.1, 0.15) is 19.3 Å². The lowest BCUT2D eigenvalue weighted by molar-refractivity contribution is -0.129. The molecular formula is C13H15N3O2S. The van der Waals surface area contributed by atoms with E-state index in [1.165, 1.54) is 11.8 Å². The van der Waals surface area contributed by atoms with Crippen LogP contribution < -0.4 is 0 Å². The molecule has 0 N–H and O–H groups in total. The van der Waals surface area contributed by atoms with Gasteiger partial charge in [-0.15, -0.1) is 0 Å². The highest BCUT2D eigenvalue weighted by Gasteiger charge is 2.17. The van der Waals surface area contributed by atoms with Gasteiger partial charge in [-0.3, -0.25) is 9.78 Å². The molecule has 19 heavy (non-hydrogen) atoms. The molecule has 0 saturated carbocycles. The molecule has 2 aromatic heterocycles. The first-order chi connectivity index (χ1) is 9.33. The smallest absolute Gasteiger partial charge is 0.256 e. The van der Waals surface area contributed by atoms with Gasteiger partial charge in [0.25, 0.3) is 5.22 Å². The van der Waals surface area contributed by atoms with E-state index in [9.17, 15) is 4.79 Å². The van der Waals surface area contributed by atoms with Gasteiger partial charge in [0.2, 0.25) is 5.91 Å². The summed E-state index contributed by atoms with van der Waals surface area (Å²) in [7, 11) is 0. The van der Waals surface area contributed by atoms with Crippen molar-refractivity contribution in [3.8, 4) is 0 Å². The largest absolute Gasteiger partial charge is 0.430 e. The van der Waals surface area contributed by atoms with Crippen molar-refractivity contribution in [2.24, 2.45) is 0 Å². The minimum Gasteiger partial charge on any atom is -0.430 e. The summed E-state index contributed by atoms with van der Waals surface area (Å²) < 4.78 is 5.54. The fourth-order valence-corrected chi connectivity index (χ4v) is 2.93. The number of amides is 1. The fraction of sp³-hybridized carbons (Fsp3) is 0.462. The highest BCUT2D eigenvalue weighted by atomic mass is 32.2. The number of likely N-dealkylation sites (tertiary alicyclic amines) is 1. The van der Waals surface area contributed by atoms with Crippen molar-refractivity contribution in [2.45, 2.75) is 24.5 Å². The molecule has 100 valence electrons. The Kier molecular flexibility index (Phi) is 3.68. The summed E-state index contributed by atoms with van der Waals surface area (Å²) in [6.45, 7) is 1.83. The predicted octanol–water partition coefficient (Wildman–Crippen LogP) is 2.33. The Morgan fingerprint density at radius 2 is 2.26 bits per heavy atom. The van der Waals surface area contributed by atoms with Crippen LogP contribution in [0.15, 0.2) is 28.1 Å². The van der Waals surface area contributed by atoms with Crippen molar-refractivity contribution in [1.82, 2.24) is 14.9 Å². The lowest BCUT2D eigenvalue weighted by Crippen LogP contribution is -2.27. The number of aromatic nitrogens is 2. The number of fused-ring (bicyclic) bond motifs is 1. The number of pyridine rings is 1. The summed E-state index contributed by atoms with van der Waals surface area (Å²) >= 11 is 1.48. The van der Waals surface area contributed by atoms with Crippen molar-refractivity contribution in [3.63, 3.8) is 0 Å². The van der Waals surface area contributed by atoms with E-state index in [1.54, 1.807) is 12.4 Å². The van der Waals surface area contributed by atoms with E-state index in [1.807, 2.05) is 11.0 Å². The third-order valence-corrected chi connectivity index (χ3v) is 4.00. The van der Waals surface area contributed by atoms with Crippen LogP contribution in [0.25, 0.3) is 11.1 Å². The zero-order valence-electron chi connectivity index (χ0n) is 10.5. The van der Waals surface area contributed by atoms with E-state index in [0.717, 1.165) is 31.4 Å². The Labute approximate surface area is 115 Å². The van der Waals surface area contributed by atoms with Crippen molar-refractivity contribution >= 4 is 28.8 Å². The number of rotatable bonds is 4. The second-order valence-electron chi connectivity index (χ2n) is 4.51. The lowest BCUT2D eigenvalue weighted by Gasteiger charge is -2.14. The standard InChI is InChI=1S/C13H15N3O2S/c17-12(16-6-1-2-7-16)4-8-19-13-15-10-3-5-14-9-11(10)18-13/h3,5,9H,1-2,4,6-8H2. The molecule has 0 atom stereocenters. The lowest BCUT2D eigenvalue weighted by atomic mass is 10.4. The molecule has 0 aromatic carbocycles. The Morgan fingerprint density at radius 1 is 1.42 bits per heavy atom. The molecular weight excluding hydrogens is 262 g/mol. The first kappa shape index (κ1) is 12.5. The van der Waals surface area contributed by atoms with Gasteiger partial charge in [-0.25, -0.2) is 4.98 Å². The maximum absolute atomic E-state index is 11.9. The minimum absolute atomic E-state index is 0.239. The zero-order chi connectivity index (χ0) is 13.1. The molecule has 1 fully saturated rings. The minimum atomic E-state index is 0.239. The molecule has 0 bridgehead atoms. The Balaban J connectivity index is 1.53. The second kappa shape index (κ2) is 5.61. The van der Waals surface area contributed by atoms with Crippen LogP contribution in [0, 0.1) is 0 Å². The van der Waals surface area contributed by atoms with Gasteiger partial charge in [-0.05, 0) is 18.9 Å². The average Bonchev–Trinajstić information content (AvgIpc) is 3.07. The molecule has 1 amide bonds. The van der Waals surface area contributed by atoms with E-state index < -0.39 is 0 Å². The first-order valence-corrected chi connectivity index (χ1v) is 7.42. The van der Waals surface area contributed by atoms with Gasteiger partial charge in [0.05, 0.1) is 6.20 Å². The van der Waals surface area contributed by atoms with Crippen LogP contribution in [-0.4, -0.2) is 39.6 Å². The number of carbonyl (C=O) groups excluding carboxylic acids is 1. The maximum atomic E-state index is 11.9. The number of carbonyl (C=O) groups is 1. The third-order valence-electron chi connectivity index (χ3n) is 3.17. The number of hydrogen-bond donors (Lipinski definition) is 0. The zero-order valence-corrected chi connectivity index (χ0v) is 11.4. The van der Waals surface area contributed by atoms with E-state index >= 15 is 0 Å². The number of thioether (sulfide) groups is 1. The maximum Gasteiger partial charge on any atom is 0.256 e. The molecule has 1 aliphatic rings. The Morgan fingerprint density at radius 3 is 3.05 bits per heavy atom. The summed E-state index contributed by atoms with van der Waals surface area (Å²) in [6.07, 6.45) is 6.16. The summed E-state index contributed by atoms with van der Waals surface area (Å²) in [6, 6.07) is 1.82. The summed E-state index contributed by atoms with van der Waals surface area (Å²) in [4.78, 5) is 22.1. The fourth-order valence-electron chi connectivity index (χ4n) is 2.17. The van der Waals surface area contributed by atoms with Crippen molar-refractivity contribution in [2.75, 3.05) is 18.8 Å². The molecule has 0 unspecified atom stereocenters. The van der Waals surface area contributed by atoms with E-state index in [2.05, 4.69) is 9.97 Å².